The number of imidazole rings is 1. The van der Waals surface area contributed by atoms with Gasteiger partial charge in [-0.25, -0.2) is 9.48 Å². The summed E-state index contributed by atoms with van der Waals surface area (Å²) in [7, 11) is 0. The van der Waals surface area contributed by atoms with E-state index in [1.807, 2.05) is 71.0 Å². The molecule has 0 unspecified atom stereocenters. The Kier molecular flexibility index (Phi) is 5.13. The Bertz CT molecular complexity index is 1550. The second kappa shape index (κ2) is 8.47. The third-order valence-corrected chi connectivity index (χ3v) is 6.72. The van der Waals surface area contributed by atoms with Crippen molar-refractivity contribution in [2.75, 3.05) is 13.1 Å². The summed E-state index contributed by atoms with van der Waals surface area (Å²) in [5.74, 6) is 0.530. The third kappa shape index (κ3) is 3.77. The van der Waals surface area contributed by atoms with Crippen LogP contribution in [-0.2, 0) is 0 Å². The maximum atomic E-state index is 13.7. The zero-order valence-electron chi connectivity index (χ0n) is 19.3. The van der Waals surface area contributed by atoms with Gasteiger partial charge in [0.25, 0.3) is 5.91 Å². The number of piperidine rings is 1. The monoisotopic (exact) mass is 467 g/mol. The molecule has 8 nitrogen and oxygen atoms in total. The van der Waals surface area contributed by atoms with Crippen LogP contribution in [0.3, 0.4) is 0 Å². The topological polar surface area (TPSA) is 89.1 Å². The van der Waals surface area contributed by atoms with Crippen LogP contribution in [-0.4, -0.2) is 43.2 Å². The molecule has 0 spiro atoms. The van der Waals surface area contributed by atoms with Gasteiger partial charge in [0.2, 0.25) is 0 Å². The van der Waals surface area contributed by atoms with Crippen molar-refractivity contribution in [3.05, 3.63) is 94.7 Å². The molecule has 3 aromatic heterocycles. The van der Waals surface area contributed by atoms with E-state index >= 15 is 0 Å². The molecule has 1 aliphatic rings. The number of hydrogen-bond donors (Lipinski definition) is 1. The van der Waals surface area contributed by atoms with E-state index in [0.717, 1.165) is 22.3 Å². The number of aromatic nitrogens is 4. The third-order valence-electron chi connectivity index (χ3n) is 6.72. The first kappa shape index (κ1) is 21.2. The molecule has 4 heterocycles. The van der Waals surface area contributed by atoms with Gasteiger partial charge in [-0.1, -0.05) is 29.8 Å². The van der Waals surface area contributed by atoms with Gasteiger partial charge in [0.05, 0.1) is 23.0 Å². The van der Waals surface area contributed by atoms with E-state index in [-0.39, 0.29) is 17.6 Å². The molecule has 2 aromatic carbocycles. The van der Waals surface area contributed by atoms with E-state index in [1.165, 1.54) is 0 Å². The van der Waals surface area contributed by atoms with Crippen molar-refractivity contribution in [2.45, 2.75) is 25.8 Å². The molecule has 0 bridgehead atoms. The van der Waals surface area contributed by atoms with Crippen LogP contribution in [0.1, 0.15) is 34.9 Å². The molecule has 1 saturated heterocycles. The largest absolute Gasteiger partial charge is 0.463 e. The van der Waals surface area contributed by atoms with Gasteiger partial charge in [-0.05, 0) is 56.2 Å². The Labute approximate surface area is 201 Å². The van der Waals surface area contributed by atoms with Gasteiger partial charge in [-0.3, -0.25) is 9.36 Å². The summed E-state index contributed by atoms with van der Waals surface area (Å²) in [6.07, 6.45) is 3.01. The number of amides is 1. The average molecular weight is 468 g/mol. The van der Waals surface area contributed by atoms with Crippen LogP contribution in [0.25, 0.3) is 28.2 Å². The molecule has 1 fully saturated rings. The Morgan fingerprint density at radius 2 is 1.80 bits per heavy atom. The minimum atomic E-state index is -0.100. The van der Waals surface area contributed by atoms with Gasteiger partial charge in [-0.15, -0.1) is 0 Å². The lowest BCUT2D eigenvalue weighted by molar-refractivity contribution is 0.0685. The number of fused-ring (bicyclic) bond motifs is 1. The summed E-state index contributed by atoms with van der Waals surface area (Å²) < 4.78 is 9.06. The Morgan fingerprint density at radius 3 is 2.54 bits per heavy atom. The van der Waals surface area contributed by atoms with E-state index in [4.69, 9.17) is 9.52 Å². The second-order valence-corrected chi connectivity index (χ2v) is 8.98. The molecular weight excluding hydrogens is 442 g/mol. The van der Waals surface area contributed by atoms with Gasteiger partial charge in [0.1, 0.15) is 11.4 Å². The van der Waals surface area contributed by atoms with Crippen molar-refractivity contribution >= 4 is 16.9 Å². The fourth-order valence-electron chi connectivity index (χ4n) is 4.89. The summed E-state index contributed by atoms with van der Waals surface area (Å²) in [6, 6.07) is 21.1. The van der Waals surface area contributed by atoms with E-state index in [2.05, 4.69) is 4.98 Å². The fourth-order valence-corrected chi connectivity index (χ4v) is 4.89. The van der Waals surface area contributed by atoms with Crippen LogP contribution >= 0.6 is 0 Å². The molecule has 1 N–H and O–H groups in total. The molecule has 0 saturated carbocycles. The highest BCUT2D eigenvalue weighted by Gasteiger charge is 2.29. The number of aryl methyl sites for hydroxylation is 1. The Balaban J connectivity index is 1.28. The number of H-pyrrole nitrogens is 1. The Hall–Kier alpha value is -4.33. The van der Waals surface area contributed by atoms with Crippen LogP contribution in [0, 0.1) is 6.92 Å². The fraction of sp³-hybridized carbons (Fsp3) is 0.222. The van der Waals surface area contributed by atoms with E-state index in [9.17, 15) is 9.59 Å². The minimum absolute atomic E-state index is 0.0448. The molecule has 8 heteroatoms. The number of benzene rings is 2. The molecule has 0 aliphatic carbocycles. The lowest BCUT2D eigenvalue weighted by Gasteiger charge is -2.32. The normalized spacial score (nSPS) is 14.6. The average Bonchev–Trinajstić information content (AvgIpc) is 3.62. The molecule has 35 heavy (non-hydrogen) atoms. The zero-order valence-corrected chi connectivity index (χ0v) is 19.3. The van der Waals surface area contributed by atoms with Crippen molar-refractivity contribution in [1.29, 1.82) is 0 Å². The van der Waals surface area contributed by atoms with E-state index < -0.39 is 0 Å². The first-order valence-electron chi connectivity index (χ1n) is 11.8. The number of likely N-dealkylation sites (tertiary alicyclic amines) is 1. The molecule has 176 valence electrons. The number of hydrogen-bond acceptors (Lipinski definition) is 4. The van der Waals surface area contributed by atoms with Crippen LogP contribution in [0.2, 0.25) is 0 Å². The van der Waals surface area contributed by atoms with Crippen molar-refractivity contribution in [2.24, 2.45) is 0 Å². The predicted molar refractivity (Wildman–Crippen MR) is 133 cm³/mol. The Morgan fingerprint density at radius 1 is 1.03 bits per heavy atom. The number of carbonyl (C=O) groups excluding carboxylic acids is 1. The molecule has 1 aliphatic heterocycles. The molecule has 0 radical (unpaired) electrons. The number of carbonyl (C=O) groups is 1. The van der Waals surface area contributed by atoms with Crippen LogP contribution in [0.5, 0.6) is 0 Å². The highest BCUT2D eigenvalue weighted by Crippen LogP contribution is 2.28. The molecule has 6 rings (SSSR count). The van der Waals surface area contributed by atoms with Crippen LogP contribution in [0.15, 0.2) is 82.2 Å². The highest BCUT2D eigenvalue weighted by atomic mass is 16.3. The van der Waals surface area contributed by atoms with Gasteiger partial charge in [0, 0.05) is 25.2 Å². The van der Waals surface area contributed by atoms with Gasteiger partial charge < -0.3 is 14.3 Å². The first-order chi connectivity index (χ1) is 17.1. The van der Waals surface area contributed by atoms with Crippen molar-refractivity contribution in [3.63, 3.8) is 0 Å². The van der Waals surface area contributed by atoms with Gasteiger partial charge in [-0.2, -0.15) is 5.10 Å². The lowest BCUT2D eigenvalue weighted by atomic mass is 10.0. The molecule has 5 aromatic rings. The number of aromatic amines is 1. The molecular formula is C27H25N5O3. The first-order valence-corrected chi connectivity index (χ1v) is 11.8. The van der Waals surface area contributed by atoms with E-state index in [0.29, 0.717) is 43.1 Å². The number of nitrogens with one attached hydrogen (secondary N) is 1. The molecule has 1 amide bonds. The summed E-state index contributed by atoms with van der Waals surface area (Å²) in [5.41, 5.74) is 4.69. The van der Waals surface area contributed by atoms with Crippen LogP contribution in [0.4, 0.5) is 0 Å². The van der Waals surface area contributed by atoms with Crippen LogP contribution < -0.4 is 5.69 Å². The van der Waals surface area contributed by atoms with Gasteiger partial charge >= 0.3 is 5.69 Å². The minimum Gasteiger partial charge on any atom is -0.463 e. The number of para-hydroxylation sites is 2. The number of nitrogens with zero attached hydrogens (tertiary/aromatic N) is 4. The quantitative estimate of drug-likeness (QED) is 0.420. The summed E-state index contributed by atoms with van der Waals surface area (Å²) in [5, 5.41) is 4.70. The van der Waals surface area contributed by atoms with Crippen molar-refractivity contribution < 1.29 is 9.21 Å². The second-order valence-electron chi connectivity index (χ2n) is 8.98. The number of furan rings is 1. The van der Waals surface area contributed by atoms with Gasteiger partial charge in [0.15, 0.2) is 5.76 Å². The van der Waals surface area contributed by atoms with E-state index in [1.54, 1.807) is 23.1 Å². The highest BCUT2D eigenvalue weighted by molar-refractivity contribution is 5.94. The summed E-state index contributed by atoms with van der Waals surface area (Å²) in [4.78, 5) is 31.1. The SMILES string of the molecule is Cc1ccc(-n2nc(-c3ccco3)cc2C(=O)N2CCC(n3c(=O)[nH]c4ccccc43)CC2)cc1. The lowest BCUT2D eigenvalue weighted by Crippen LogP contribution is -2.41. The zero-order chi connectivity index (χ0) is 23.9. The standard InChI is InChI=1S/C27H25N5O3/c1-18-8-10-20(11-9-18)32-24(17-22(29-32)25-7-4-16-35-25)26(33)30-14-12-19(13-15-30)31-23-6-3-2-5-21(23)28-27(31)34/h2-11,16-17,19H,12-15H2,1H3,(H,28,34). The predicted octanol–water partition coefficient (Wildman–Crippen LogP) is 4.56. The summed E-state index contributed by atoms with van der Waals surface area (Å²) in [6.45, 7) is 3.14. The maximum Gasteiger partial charge on any atom is 0.326 e. The summed E-state index contributed by atoms with van der Waals surface area (Å²) >= 11 is 0. The van der Waals surface area contributed by atoms with Crippen molar-refractivity contribution in [3.8, 4) is 17.1 Å². The smallest absolute Gasteiger partial charge is 0.326 e. The number of rotatable bonds is 4. The van der Waals surface area contributed by atoms with Crippen molar-refractivity contribution in [1.82, 2.24) is 24.2 Å². The molecule has 0 atom stereocenters. The maximum absolute atomic E-state index is 13.7.